The monoisotopic (exact) mass is 301 g/mol. The smallest absolute Gasteiger partial charge is 0.243 e. The highest BCUT2D eigenvalue weighted by Gasteiger charge is 2.10. The van der Waals surface area contributed by atoms with E-state index in [9.17, 15) is 15.2 Å². The van der Waals surface area contributed by atoms with Crippen LogP contribution in [0.25, 0.3) is 6.08 Å². The highest BCUT2D eigenvalue weighted by atomic mass is 79.9. The van der Waals surface area contributed by atoms with Crippen LogP contribution in [0.2, 0.25) is 0 Å². The molecule has 1 N–H and O–H groups in total. The van der Waals surface area contributed by atoms with Crippen molar-refractivity contribution in [1.29, 1.82) is 0 Å². The fraction of sp³-hybridized carbons (Fsp3) is 0.273. The van der Waals surface area contributed by atoms with E-state index in [2.05, 4.69) is 15.9 Å². The van der Waals surface area contributed by atoms with E-state index < -0.39 is 4.92 Å². The summed E-state index contributed by atoms with van der Waals surface area (Å²) in [7, 11) is 0. The van der Waals surface area contributed by atoms with Gasteiger partial charge in [0.05, 0.1) is 16.0 Å². The quantitative estimate of drug-likeness (QED) is 0.685. The summed E-state index contributed by atoms with van der Waals surface area (Å²) in [6.07, 6.45) is 1.41. The zero-order valence-corrected chi connectivity index (χ0v) is 11.0. The van der Waals surface area contributed by atoms with Crippen LogP contribution in [0.1, 0.15) is 19.4 Å². The number of hydrogen-bond donors (Lipinski definition) is 1. The van der Waals surface area contributed by atoms with Crippen molar-refractivity contribution in [2.45, 2.75) is 13.8 Å². The number of nitro groups is 1. The van der Waals surface area contributed by atoms with Gasteiger partial charge in [-0.1, -0.05) is 0 Å². The maximum Gasteiger partial charge on any atom is 0.243 e. The lowest BCUT2D eigenvalue weighted by Crippen LogP contribution is -1.95. The molecule has 0 heterocycles. The van der Waals surface area contributed by atoms with Gasteiger partial charge in [0, 0.05) is 13.0 Å². The lowest BCUT2D eigenvalue weighted by atomic mass is 10.2. The molecule has 17 heavy (non-hydrogen) atoms. The number of ether oxygens (including phenoxy) is 1. The van der Waals surface area contributed by atoms with Gasteiger partial charge in [-0.05, 0) is 40.5 Å². The van der Waals surface area contributed by atoms with Gasteiger partial charge in [-0.25, -0.2) is 0 Å². The van der Waals surface area contributed by atoms with Gasteiger partial charge in [0.1, 0.15) is 0 Å². The Balaban J connectivity index is 3.19. The zero-order valence-electron chi connectivity index (χ0n) is 9.44. The fourth-order valence-electron chi connectivity index (χ4n) is 1.24. The lowest BCUT2D eigenvalue weighted by Gasteiger charge is -2.08. The summed E-state index contributed by atoms with van der Waals surface area (Å²) in [5.74, 6) is 0.284. The molecule has 0 bridgehead atoms. The number of rotatable bonds is 4. The van der Waals surface area contributed by atoms with Gasteiger partial charge in [-0.15, -0.1) is 0 Å². The van der Waals surface area contributed by atoms with Crippen molar-refractivity contribution in [3.63, 3.8) is 0 Å². The number of halogens is 1. The third-order valence-electron chi connectivity index (χ3n) is 2.01. The van der Waals surface area contributed by atoms with Crippen molar-refractivity contribution in [3.8, 4) is 11.5 Å². The second-order valence-corrected chi connectivity index (χ2v) is 4.18. The largest absolute Gasteiger partial charge is 0.503 e. The van der Waals surface area contributed by atoms with Gasteiger partial charge < -0.3 is 9.84 Å². The number of aromatic hydroxyl groups is 1. The standard InChI is InChI=1S/C11H12BrNO4/c1-3-17-10-6-8(4-7(2)13(15)16)5-9(12)11(10)14/h4-6,14H,3H2,1-2H3/b7-4-. The van der Waals surface area contributed by atoms with Gasteiger partial charge in [0.2, 0.25) is 5.70 Å². The van der Waals surface area contributed by atoms with E-state index in [-0.39, 0.29) is 11.4 Å². The number of benzene rings is 1. The molecule has 0 saturated carbocycles. The van der Waals surface area contributed by atoms with E-state index in [1.54, 1.807) is 19.1 Å². The van der Waals surface area contributed by atoms with Gasteiger partial charge in [-0.2, -0.15) is 0 Å². The number of phenols is 1. The summed E-state index contributed by atoms with van der Waals surface area (Å²) in [4.78, 5) is 10.0. The first-order chi connectivity index (χ1) is 7.95. The molecule has 5 nitrogen and oxygen atoms in total. The van der Waals surface area contributed by atoms with E-state index in [1.807, 2.05) is 0 Å². The molecule has 0 aliphatic rings. The molecule has 92 valence electrons. The molecule has 0 fully saturated rings. The average Bonchev–Trinajstić information content (AvgIpc) is 2.25. The first kappa shape index (κ1) is 13.5. The van der Waals surface area contributed by atoms with Crippen LogP contribution in [0.3, 0.4) is 0 Å². The van der Waals surface area contributed by atoms with Crippen molar-refractivity contribution in [1.82, 2.24) is 0 Å². The first-order valence-corrected chi connectivity index (χ1v) is 5.73. The molecular formula is C11H12BrNO4. The van der Waals surface area contributed by atoms with Crippen LogP contribution in [-0.4, -0.2) is 16.6 Å². The number of hydrogen-bond acceptors (Lipinski definition) is 4. The molecule has 1 aromatic rings. The molecular weight excluding hydrogens is 290 g/mol. The third-order valence-corrected chi connectivity index (χ3v) is 2.62. The van der Waals surface area contributed by atoms with Crippen LogP contribution in [0.15, 0.2) is 22.3 Å². The minimum absolute atomic E-state index is 0.0113. The Kier molecular flexibility index (Phi) is 4.51. The maximum atomic E-state index is 10.5. The zero-order chi connectivity index (χ0) is 13.0. The Labute approximate surface area is 107 Å². The van der Waals surface area contributed by atoms with Crippen LogP contribution in [0.5, 0.6) is 11.5 Å². The van der Waals surface area contributed by atoms with Crippen LogP contribution in [0, 0.1) is 10.1 Å². The summed E-state index contributed by atoms with van der Waals surface area (Å²) >= 11 is 3.16. The lowest BCUT2D eigenvalue weighted by molar-refractivity contribution is -0.422. The van der Waals surface area contributed by atoms with E-state index in [0.717, 1.165) is 0 Å². The summed E-state index contributed by atoms with van der Waals surface area (Å²) in [5, 5.41) is 20.2. The molecule has 1 rings (SSSR count). The first-order valence-electron chi connectivity index (χ1n) is 4.93. The molecule has 0 aliphatic heterocycles. The van der Waals surface area contributed by atoms with E-state index >= 15 is 0 Å². The van der Waals surface area contributed by atoms with E-state index in [0.29, 0.717) is 22.4 Å². The van der Waals surface area contributed by atoms with Crippen LogP contribution >= 0.6 is 15.9 Å². The molecule has 1 aromatic carbocycles. The summed E-state index contributed by atoms with van der Waals surface area (Å²) in [6.45, 7) is 3.60. The molecule has 0 atom stereocenters. The molecule has 0 aliphatic carbocycles. The highest BCUT2D eigenvalue weighted by molar-refractivity contribution is 9.10. The predicted octanol–water partition coefficient (Wildman–Crippen LogP) is 3.19. The van der Waals surface area contributed by atoms with Gasteiger partial charge in [-0.3, -0.25) is 10.1 Å². The Hall–Kier alpha value is -1.56. The molecule has 0 saturated heterocycles. The third kappa shape index (κ3) is 3.45. The molecule has 0 amide bonds. The van der Waals surface area contributed by atoms with Crippen molar-refractivity contribution < 1.29 is 14.8 Å². The number of allylic oxidation sites excluding steroid dienone is 1. The van der Waals surface area contributed by atoms with Gasteiger partial charge in [0.25, 0.3) is 0 Å². The van der Waals surface area contributed by atoms with E-state index in [1.165, 1.54) is 13.0 Å². The minimum atomic E-state index is -0.471. The van der Waals surface area contributed by atoms with E-state index in [4.69, 9.17) is 4.74 Å². The van der Waals surface area contributed by atoms with Gasteiger partial charge >= 0.3 is 0 Å². The van der Waals surface area contributed by atoms with Crippen molar-refractivity contribution in [3.05, 3.63) is 38.0 Å². The second kappa shape index (κ2) is 5.67. The molecule has 0 radical (unpaired) electrons. The summed E-state index contributed by atoms with van der Waals surface area (Å²) < 4.78 is 5.66. The Bertz CT molecular complexity index is 471. The fourth-order valence-corrected chi connectivity index (χ4v) is 1.70. The maximum absolute atomic E-state index is 10.5. The SMILES string of the molecule is CCOc1cc(/C=C(/C)[N+](=O)[O-])cc(Br)c1O. The topological polar surface area (TPSA) is 72.6 Å². The number of nitrogens with zero attached hydrogens (tertiary/aromatic N) is 1. The summed E-state index contributed by atoms with van der Waals surface area (Å²) in [6, 6.07) is 3.14. The van der Waals surface area contributed by atoms with Crippen molar-refractivity contribution >= 4 is 22.0 Å². The minimum Gasteiger partial charge on any atom is -0.503 e. The molecule has 0 unspecified atom stereocenters. The normalized spacial score (nSPS) is 11.4. The molecule has 0 spiro atoms. The summed E-state index contributed by atoms with van der Waals surface area (Å²) in [5.41, 5.74) is 0.609. The molecule has 6 heteroatoms. The van der Waals surface area contributed by atoms with Crippen LogP contribution in [-0.2, 0) is 0 Å². The average molecular weight is 302 g/mol. The Morgan fingerprint density at radius 3 is 2.82 bits per heavy atom. The Morgan fingerprint density at radius 1 is 1.65 bits per heavy atom. The predicted molar refractivity (Wildman–Crippen MR) is 67.6 cm³/mol. The number of phenolic OH excluding ortho intramolecular Hbond substituents is 1. The van der Waals surface area contributed by atoms with Crippen LogP contribution in [0.4, 0.5) is 0 Å². The second-order valence-electron chi connectivity index (χ2n) is 3.33. The Morgan fingerprint density at radius 2 is 2.29 bits per heavy atom. The highest BCUT2D eigenvalue weighted by Crippen LogP contribution is 2.36. The molecule has 0 aromatic heterocycles. The van der Waals surface area contributed by atoms with Crippen molar-refractivity contribution in [2.75, 3.05) is 6.61 Å². The van der Waals surface area contributed by atoms with Gasteiger partial charge in [0.15, 0.2) is 11.5 Å². The van der Waals surface area contributed by atoms with Crippen molar-refractivity contribution in [2.24, 2.45) is 0 Å². The van der Waals surface area contributed by atoms with Crippen LogP contribution < -0.4 is 4.74 Å².